The molecule has 35 heavy (non-hydrogen) atoms. The minimum Gasteiger partial charge on any atom is -0.497 e. The van der Waals surface area contributed by atoms with Crippen LogP contribution in [0.25, 0.3) is 10.2 Å². The third-order valence-electron chi connectivity index (χ3n) is 5.73. The number of methoxy groups -OCH3 is 2. The first-order valence-corrected chi connectivity index (χ1v) is 13.5. The Morgan fingerprint density at radius 2 is 1.80 bits per heavy atom. The van der Waals surface area contributed by atoms with E-state index >= 15 is 0 Å². The van der Waals surface area contributed by atoms with E-state index < -0.39 is 15.9 Å². The van der Waals surface area contributed by atoms with Crippen molar-refractivity contribution in [3.8, 4) is 5.75 Å². The number of thiazole rings is 1. The number of carbonyl (C=O) groups is 1. The number of sulfonamides is 1. The van der Waals surface area contributed by atoms with Gasteiger partial charge in [-0.1, -0.05) is 11.3 Å². The van der Waals surface area contributed by atoms with Crippen LogP contribution >= 0.6 is 11.3 Å². The second-order valence-electron chi connectivity index (χ2n) is 8.38. The minimum atomic E-state index is -3.69. The summed E-state index contributed by atoms with van der Waals surface area (Å²) < 4.78 is 46.6. The number of rotatable bonds is 7. The third-order valence-corrected chi connectivity index (χ3v) is 8.62. The highest BCUT2D eigenvalue weighted by Gasteiger charge is 2.32. The molecule has 1 aliphatic heterocycles. The summed E-state index contributed by atoms with van der Waals surface area (Å²) in [6.45, 7) is 5.28. The normalized spacial score (nSPS) is 19.8. The van der Waals surface area contributed by atoms with Gasteiger partial charge in [0.25, 0.3) is 5.91 Å². The topological polar surface area (TPSA) is 99.4 Å². The van der Waals surface area contributed by atoms with Crippen molar-refractivity contribution in [2.24, 2.45) is 4.99 Å². The molecule has 9 nitrogen and oxygen atoms in total. The van der Waals surface area contributed by atoms with Crippen molar-refractivity contribution in [1.29, 1.82) is 0 Å². The molecule has 0 spiro atoms. The average molecular weight is 520 g/mol. The molecule has 4 rings (SSSR count). The second kappa shape index (κ2) is 10.6. The molecule has 0 bridgehead atoms. The lowest BCUT2D eigenvalue weighted by Crippen LogP contribution is -2.48. The molecule has 1 fully saturated rings. The number of nitrogens with zero attached hydrogens (tertiary/aromatic N) is 3. The molecule has 3 aromatic rings. The first kappa shape index (κ1) is 25.5. The molecule has 1 saturated heterocycles. The molecular weight excluding hydrogens is 490 g/mol. The second-order valence-corrected chi connectivity index (χ2v) is 11.3. The van der Waals surface area contributed by atoms with Crippen molar-refractivity contribution in [1.82, 2.24) is 8.87 Å². The fourth-order valence-corrected chi connectivity index (χ4v) is 6.73. The van der Waals surface area contributed by atoms with Crippen LogP contribution in [0.5, 0.6) is 5.75 Å². The van der Waals surface area contributed by atoms with Crippen LogP contribution in [-0.4, -0.2) is 69.3 Å². The predicted octanol–water partition coefficient (Wildman–Crippen LogP) is 2.90. The summed E-state index contributed by atoms with van der Waals surface area (Å²) in [5, 5.41) is 0. The van der Waals surface area contributed by atoms with E-state index in [0.717, 1.165) is 16.0 Å². The maximum atomic E-state index is 13.1. The molecule has 2 heterocycles. The molecule has 0 N–H and O–H groups in total. The number of carbonyl (C=O) groups excluding carboxylic acids is 1. The molecule has 0 aliphatic carbocycles. The lowest BCUT2D eigenvalue weighted by Gasteiger charge is -2.34. The zero-order valence-electron chi connectivity index (χ0n) is 20.1. The molecule has 0 radical (unpaired) electrons. The lowest BCUT2D eigenvalue weighted by atomic mass is 10.2. The van der Waals surface area contributed by atoms with Gasteiger partial charge in [0.05, 0.1) is 41.0 Å². The van der Waals surface area contributed by atoms with Crippen LogP contribution in [-0.2, 0) is 26.0 Å². The van der Waals surface area contributed by atoms with E-state index in [1.807, 2.05) is 36.6 Å². The van der Waals surface area contributed by atoms with Gasteiger partial charge in [-0.15, -0.1) is 0 Å². The fourth-order valence-electron chi connectivity index (χ4n) is 4.06. The van der Waals surface area contributed by atoms with Gasteiger partial charge >= 0.3 is 0 Å². The Bertz CT molecular complexity index is 1370. The molecule has 1 aliphatic rings. The number of benzene rings is 2. The Morgan fingerprint density at radius 1 is 1.11 bits per heavy atom. The maximum absolute atomic E-state index is 13.1. The van der Waals surface area contributed by atoms with Crippen molar-refractivity contribution in [2.45, 2.75) is 37.5 Å². The van der Waals surface area contributed by atoms with Crippen LogP contribution in [0.2, 0.25) is 0 Å². The standard InChI is InChI=1S/C24H29N3O6S2/c1-16-14-26(15-17(2)33-16)35(29,30)20-8-5-18(6-9-20)23(28)25-24-27(11-12-31-3)21-10-7-19(32-4)13-22(21)34-24/h5-10,13,16-17H,11-12,14-15H2,1-4H3/t16-,17-/m0/s1. The van der Waals surface area contributed by atoms with E-state index in [1.165, 1.54) is 39.9 Å². The predicted molar refractivity (Wildman–Crippen MR) is 133 cm³/mol. The minimum absolute atomic E-state index is 0.138. The van der Waals surface area contributed by atoms with Crippen LogP contribution < -0.4 is 9.54 Å². The summed E-state index contributed by atoms with van der Waals surface area (Å²) in [6.07, 6.45) is -0.362. The Balaban J connectivity index is 1.63. The largest absolute Gasteiger partial charge is 0.497 e. The van der Waals surface area contributed by atoms with Crippen molar-refractivity contribution >= 4 is 37.5 Å². The van der Waals surface area contributed by atoms with Crippen LogP contribution in [0, 0.1) is 0 Å². The highest BCUT2D eigenvalue weighted by Crippen LogP contribution is 2.24. The summed E-state index contributed by atoms with van der Waals surface area (Å²) >= 11 is 1.38. The highest BCUT2D eigenvalue weighted by molar-refractivity contribution is 7.89. The third kappa shape index (κ3) is 5.49. The summed E-state index contributed by atoms with van der Waals surface area (Å²) in [4.78, 5) is 18.0. The van der Waals surface area contributed by atoms with Crippen molar-refractivity contribution in [2.75, 3.05) is 33.9 Å². The molecule has 188 valence electrons. The first-order valence-electron chi connectivity index (χ1n) is 11.2. The van der Waals surface area contributed by atoms with Gasteiger partial charge in [0, 0.05) is 32.3 Å². The first-order chi connectivity index (χ1) is 16.7. The zero-order valence-corrected chi connectivity index (χ0v) is 21.8. The quantitative estimate of drug-likeness (QED) is 0.476. The van der Waals surface area contributed by atoms with E-state index in [0.29, 0.717) is 36.6 Å². The Kier molecular flexibility index (Phi) is 7.72. The Labute approximate surface area is 208 Å². The molecular formula is C24H29N3O6S2. The van der Waals surface area contributed by atoms with Crippen molar-refractivity contribution < 1.29 is 27.4 Å². The number of hydrogen-bond donors (Lipinski definition) is 0. The summed E-state index contributed by atoms with van der Waals surface area (Å²) in [7, 11) is -0.464. The number of fused-ring (bicyclic) bond motifs is 1. The van der Waals surface area contributed by atoms with Crippen molar-refractivity contribution in [3.05, 3.63) is 52.8 Å². The molecule has 1 amide bonds. The van der Waals surface area contributed by atoms with E-state index in [4.69, 9.17) is 14.2 Å². The van der Waals surface area contributed by atoms with Gasteiger partial charge in [0.1, 0.15) is 5.75 Å². The fraction of sp³-hybridized carbons (Fsp3) is 0.417. The zero-order chi connectivity index (χ0) is 25.2. The molecule has 0 unspecified atom stereocenters. The van der Waals surface area contributed by atoms with Crippen molar-refractivity contribution in [3.63, 3.8) is 0 Å². The van der Waals surface area contributed by atoms with Gasteiger partial charge in [0.15, 0.2) is 4.80 Å². The van der Waals surface area contributed by atoms with Crippen LogP contribution in [0.1, 0.15) is 24.2 Å². The maximum Gasteiger partial charge on any atom is 0.279 e. The number of hydrogen-bond acceptors (Lipinski definition) is 7. The van der Waals surface area contributed by atoms with Gasteiger partial charge in [-0.2, -0.15) is 9.30 Å². The Morgan fingerprint density at radius 3 is 2.43 bits per heavy atom. The number of amides is 1. The van der Waals surface area contributed by atoms with Gasteiger partial charge in [-0.3, -0.25) is 4.79 Å². The van der Waals surface area contributed by atoms with E-state index in [2.05, 4.69) is 4.99 Å². The average Bonchev–Trinajstić information content (AvgIpc) is 3.17. The number of ether oxygens (including phenoxy) is 3. The van der Waals surface area contributed by atoms with Crippen LogP contribution in [0.15, 0.2) is 52.4 Å². The van der Waals surface area contributed by atoms with Crippen LogP contribution in [0.3, 0.4) is 0 Å². The lowest BCUT2D eigenvalue weighted by molar-refractivity contribution is -0.0440. The molecule has 2 aromatic carbocycles. The van der Waals surface area contributed by atoms with E-state index in [9.17, 15) is 13.2 Å². The van der Waals surface area contributed by atoms with Gasteiger partial charge in [-0.05, 0) is 56.3 Å². The number of morpholine rings is 1. The molecule has 11 heteroatoms. The van der Waals surface area contributed by atoms with E-state index in [1.54, 1.807) is 14.2 Å². The van der Waals surface area contributed by atoms with Gasteiger partial charge in [-0.25, -0.2) is 8.42 Å². The van der Waals surface area contributed by atoms with Crippen LogP contribution in [0.4, 0.5) is 0 Å². The van der Waals surface area contributed by atoms with Gasteiger partial charge in [0.2, 0.25) is 10.0 Å². The SMILES string of the molecule is COCCn1c(=NC(=O)c2ccc(S(=O)(=O)N3C[C@H](C)O[C@@H](C)C3)cc2)sc2cc(OC)ccc21. The smallest absolute Gasteiger partial charge is 0.279 e. The summed E-state index contributed by atoms with van der Waals surface area (Å²) in [5.74, 6) is 0.267. The Hall–Kier alpha value is -2.57. The monoisotopic (exact) mass is 519 g/mol. The molecule has 0 saturated carbocycles. The summed E-state index contributed by atoms with van der Waals surface area (Å²) in [5.41, 5.74) is 1.23. The van der Waals surface area contributed by atoms with Gasteiger partial charge < -0.3 is 18.8 Å². The highest BCUT2D eigenvalue weighted by atomic mass is 32.2. The molecule has 1 aromatic heterocycles. The molecule has 2 atom stereocenters. The number of aromatic nitrogens is 1. The summed E-state index contributed by atoms with van der Waals surface area (Å²) in [6, 6.07) is 11.6. The van der Waals surface area contributed by atoms with E-state index in [-0.39, 0.29) is 17.1 Å².